The first-order valence-corrected chi connectivity index (χ1v) is 5.99. The molecule has 3 nitrogen and oxygen atoms in total. The maximum absolute atomic E-state index is 13.8. The molecule has 0 radical (unpaired) electrons. The standard InChI is InChI=1S/C11H12BrFN2O/c1-2-10(16)15-9-3-8(13)11-6(9)4-14-5-7(11)12/h4-5,8-9H,2-3H2,1H3,(H,15,16). The molecule has 1 N–H and O–H groups in total. The maximum Gasteiger partial charge on any atom is 0.220 e. The van der Waals surface area contributed by atoms with E-state index in [1.54, 1.807) is 19.3 Å². The van der Waals surface area contributed by atoms with Crippen molar-refractivity contribution in [3.8, 4) is 0 Å². The number of amides is 1. The van der Waals surface area contributed by atoms with Crippen molar-refractivity contribution >= 4 is 21.8 Å². The highest BCUT2D eigenvalue weighted by Gasteiger charge is 2.33. The Bertz CT molecular complexity index is 424. The molecular weight excluding hydrogens is 275 g/mol. The number of nitrogens with one attached hydrogen (secondary N) is 1. The van der Waals surface area contributed by atoms with Gasteiger partial charge in [-0.15, -0.1) is 0 Å². The molecule has 1 aliphatic carbocycles. The number of carbonyl (C=O) groups excluding carboxylic acids is 1. The molecule has 1 amide bonds. The summed E-state index contributed by atoms with van der Waals surface area (Å²) in [6.45, 7) is 1.78. The molecule has 0 bridgehead atoms. The molecule has 1 heterocycles. The Morgan fingerprint density at radius 3 is 3.12 bits per heavy atom. The zero-order valence-corrected chi connectivity index (χ0v) is 10.4. The highest BCUT2D eigenvalue weighted by atomic mass is 79.9. The van der Waals surface area contributed by atoms with Crippen LogP contribution >= 0.6 is 15.9 Å². The van der Waals surface area contributed by atoms with Crippen molar-refractivity contribution in [2.45, 2.75) is 32.0 Å². The second kappa shape index (κ2) is 4.49. The van der Waals surface area contributed by atoms with E-state index >= 15 is 0 Å². The fourth-order valence-electron chi connectivity index (χ4n) is 1.95. The number of rotatable bonds is 2. The van der Waals surface area contributed by atoms with Gasteiger partial charge in [0.15, 0.2) is 0 Å². The lowest BCUT2D eigenvalue weighted by Crippen LogP contribution is -2.26. The molecule has 2 rings (SSSR count). The van der Waals surface area contributed by atoms with Crippen LogP contribution in [-0.2, 0) is 4.79 Å². The Morgan fingerprint density at radius 1 is 1.69 bits per heavy atom. The summed E-state index contributed by atoms with van der Waals surface area (Å²) in [6.07, 6.45) is 2.88. The van der Waals surface area contributed by atoms with Crippen molar-refractivity contribution in [1.29, 1.82) is 0 Å². The molecule has 5 heteroatoms. The smallest absolute Gasteiger partial charge is 0.220 e. The predicted molar refractivity (Wildman–Crippen MR) is 61.6 cm³/mol. The molecule has 0 spiro atoms. The van der Waals surface area contributed by atoms with E-state index in [9.17, 15) is 9.18 Å². The average Bonchev–Trinajstić information content (AvgIpc) is 2.57. The first-order valence-electron chi connectivity index (χ1n) is 5.20. The second-order valence-corrected chi connectivity index (χ2v) is 4.66. The van der Waals surface area contributed by atoms with Gasteiger partial charge in [0.25, 0.3) is 0 Å². The Balaban J connectivity index is 2.29. The molecule has 86 valence electrons. The summed E-state index contributed by atoms with van der Waals surface area (Å²) in [6, 6.07) is -0.248. The summed E-state index contributed by atoms with van der Waals surface area (Å²) in [5, 5.41) is 2.80. The van der Waals surface area contributed by atoms with Gasteiger partial charge in [-0.3, -0.25) is 9.78 Å². The molecule has 0 saturated heterocycles. The van der Waals surface area contributed by atoms with Gasteiger partial charge in [-0.1, -0.05) is 6.92 Å². The first-order chi connectivity index (χ1) is 7.63. The Labute approximate surface area is 102 Å². The van der Waals surface area contributed by atoms with Gasteiger partial charge in [0, 0.05) is 40.8 Å². The molecular formula is C11H12BrFN2O. The molecule has 0 saturated carbocycles. The van der Waals surface area contributed by atoms with Crippen LogP contribution in [0.4, 0.5) is 4.39 Å². The van der Waals surface area contributed by atoms with Gasteiger partial charge in [-0.2, -0.15) is 0 Å². The second-order valence-electron chi connectivity index (χ2n) is 3.80. The van der Waals surface area contributed by atoms with E-state index in [0.717, 1.165) is 5.56 Å². The predicted octanol–water partition coefficient (Wildman–Crippen LogP) is 2.83. The summed E-state index contributed by atoms with van der Waals surface area (Å²) in [7, 11) is 0. The van der Waals surface area contributed by atoms with E-state index in [2.05, 4.69) is 26.2 Å². The quantitative estimate of drug-likeness (QED) is 0.908. The van der Waals surface area contributed by atoms with Crippen LogP contribution in [0.1, 0.15) is 43.1 Å². The van der Waals surface area contributed by atoms with Crippen LogP contribution < -0.4 is 5.32 Å². The highest BCUT2D eigenvalue weighted by Crippen LogP contribution is 2.43. The average molecular weight is 287 g/mol. The highest BCUT2D eigenvalue weighted by molar-refractivity contribution is 9.10. The van der Waals surface area contributed by atoms with E-state index in [1.165, 1.54) is 0 Å². The van der Waals surface area contributed by atoms with Gasteiger partial charge in [0.2, 0.25) is 5.91 Å². The van der Waals surface area contributed by atoms with Crippen molar-refractivity contribution in [2.75, 3.05) is 0 Å². The summed E-state index contributed by atoms with van der Waals surface area (Å²) < 4.78 is 14.4. The molecule has 1 aliphatic rings. The third-order valence-electron chi connectivity index (χ3n) is 2.76. The number of hydrogen-bond donors (Lipinski definition) is 1. The largest absolute Gasteiger partial charge is 0.349 e. The van der Waals surface area contributed by atoms with Crippen LogP contribution in [0.15, 0.2) is 16.9 Å². The van der Waals surface area contributed by atoms with Crippen LogP contribution in [-0.4, -0.2) is 10.9 Å². The molecule has 2 atom stereocenters. The molecule has 0 fully saturated rings. The maximum atomic E-state index is 13.8. The van der Waals surface area contributed by atoms with E-state index in [4.69, 9.17) is 0 Å². The topological polar surface area (TPSA) is 42.0 Å². The van der Waals surface area contributed by atoms with Gasteiger partial charge >= 0.3 is 0 Å². The number of pyridine rings is 1. The number of alkyl halides is 1. The summed E-state index contributed by atoms with van der Waals surface area (Å²) in [4.78, 5) is 15.3. The van der Waals surface area contributed by atoms with Crippen LogP contribution in [0.25, 0.3) is 0 Å². The number of hydrogen-bond acceptors (Lipinski definition) is 2. The van der Waals surface area contributed by atoms with Crippen molar-refractivity contribution in [2.24, 2.45) is 0 Å². The van der Waals surface area contributed by atoms with E-state index < -0.39 is 6.17 Å². The SMILES string of the molecule is CCC(=O)NC1CC(F)c2c(Br)cncc21. The van der Waals surface area contributed by atoms with Crippen molar-refractivity contribution < 1.29 is 9.18 Å². The zero-order valence-electron chi connectivity index (χ0n) is 8.84. The fraction of sp³-hybridized carbons (Fsp3) is 0.455. The lowest BCUT2D eigenvalue weighted by Gasteiger charge is -2.12. The van der Waals surface area contributed by atoms with Gasteiger partial charge in [-0.25, -0.2) is 4.39 Å². The Hall–Kier alpha value is -0.970. The van der Waals surface area contributed by atoms with E-state index in [1.807, 2.05) is 0 Å². The summed E-state index contributed by atoms with van der Waals surface area (Å²) in [5.74, 6) is -0.0648. The third-order valence-corrected chi connectivity index (χ3v) is 3.39. The lowest BCUT2D eigenvalue weighted by atomic mass is 10.1. The molecule has 1 aromatic rings. The van der Waals surface area contributed by atoms with Gasteiger partial charge in [0.1, 0.15) is 6.17 Å². The van der Waals surface area contributed by atoms with E-state index in [-0.39, 0.29) is 11.9 Å². The molecule has 1 aromatic heterocycles. The van der Waals surface area contributed by atoms with E-state index in [0.29, 0.717) is 22.9 Å². The number of nitrogens with zero attached hydrogens (tertiary/aromatic N) is 1. The van der Waals surface area contributed by atoms with Crippen LogP contribution in [0.2, 0.25) is 0 Å². The first kappa shape index (κ1) is 11.5. The third kappa shape index (κ3) is 1.96. The monoisotopic (exact) mass is 286 g/mol. The summed E-state index contributed by atoms with van der Waals surface area (Å²) >= 11 is 3.28. The summed E-state index contributed by atoms with van der Waals surface area (Å²) in [5.41, 5.74) is 1.40. The molecule has 16 heavy (non-hydrogen) atoms. The fourth-order valence-corrected chi connectivity index (χ4v) is 2.55. The minimum absolute atomic E-state index is 0.0648. The minimum atomic E-state index is -1.03. The number of halogens is 2. The van der Waals surface area contributed by atoms with Crippen molar-refractivity contribution in [1.82, 2.24) is 10.3 Å². The number of fused-ring (bicyclic) bond motifs is 1. The van der Waals surface area contributed by atoms with Gasteiger partial charge < -0.3 is 5.32 Å². The van der Waals surface area contributed by atoms with Crippen molar-refractivity contribution in [3.05, 3.63) is 28.0 Å². The normalized spacial score (nSPS) is 22.9. The van der Waals surface area contributed by atoms with Crippen LogP contribution in [0.5, 0.6) is 0 Å². The molecule has 2 unspecified atom stereocenters. The zero-order chi connectivity index (χ0) is 11.7. The van der Waals surface area contributed by atoms with Gasteiger partial charge in [-0.05, 0) is 15.9 Å². The Kier molecular flexibility index (Phi) is 3.23. The van der Waals surface area contributed by atoms with Crippen LogP contribution in [0.3, 0.4) is 0 Å². The van der Waals surface area contributed by atoms with Crippen LogP contribution in [0, 0.1) is 0 Å². The van der Waals surface area contributed by atoms with Gasteiger partial charge in [0.05, 0.1) is 6.04 Å². The lowest BCUT2D eigenvalue weighted by molar-refractivity contribution is -0.121. The number of carbonyl (C=O) groups is 1. The van der Waals surface area contributed by atoms with Crippen molar-refractivity contribution in [3.63, 3.8) is 0 Å². The Morgan fingerprint density at radius 2 is 2.44 bits per heavy atom. The molecule has 0 aromatic carbocycles. The molecule has 0 aliphatic heterocycles. The minimum Gasteiger partial charge on any atom is -0.349 e. The number of aromatic nitrogens is 1.